The Balaban J connectivity index is 2.50. The second-order valence-electron chi connectivity index (χ2n) is 5.56. The first-order valence-electron chi connectivity index (χ1n) is 6.55. The summed E-state index contributed by atoms with van der Waals surface area (Å²) in [5.74, 6) is 1.79. The molecule has 0 saturated carbocycles. The second kappa shape index (κ2) is 7.25. The molecule has 0 radical (unpaired) electrons. The topological polar surface area (TPSA) is 12.0 Å². The van der Waals surface area contributed by atoms with E-state index in [-0.39, 0.29) is 5.82 Å². The van der Waals surface area contributed by atoms with Crippen LogP contribution in [0.5, 0.6) is 0 Å². The van der Waals surface area contributed by atoms with Gasteiger partial charge in [-0.2, -0.15) is 0 Å². The number of nitrogens with one attached hydrogen (secondary N) is 1. The van der Waals surface area contributed by atoms with E-state index in [4.69, 9.17) is 0 Å². The molecule has 0 fully saturated rings. The average molecular weight is 316 g/mol. The average Bonchev–Trinajstić information content (AvgIpc) is 2.21. The van der Waals surface area contributed by atoms with Crippen LogP contribution < -0.4 is 5.32 Å². The molecule has 0 aliphatic heterocycles. The highest BCUT2D eigenvalue weighted by atomic mass is 79.9. The third-order valence-corrected chi connectivity index (χ3v) is 3.80. The van der Waals surface area contributed by atoms with Gasteiger partial charge < -0.3 is 5.32 Å². The summed E-state index contributed by atoms with van der Waals surface area (Å²) < 4.78 is 14.0. The van der Waals surface area contributed by atoms with Crippen molar-refractivity contribution in [3.05, 3.63) is 34.1 Å². The monoisotopic (exact) mass is 315 g/mol. The Morgan fingerprint density at radius 1 is 1.11 bits per heavy atom. The molecule has 0 bridgehead atoms. The minimum atomic E-state index is -0.189. The Kier molecular flexibility index (Phi) is 6.30. The van der Waals surface area contributed by atoms with Crippen molar-refractivity contribution in [1.82, 2.24) is 5.32 Å². The van der Waals surface area contributed by atoms with Gasteiger partial charge in [-0.15, -0.1) is 0 Å². The molecule has 3 heteroatoms. The van der Waals surface area contributed by atoms with Gasteiger partial charge in [-0.25, -0.2) is 4.39 Å². The van der Waals surface area contributed by atoms with Crippen molar-refractivity contribution < 1.29 is 4.39 Å². The summed E-state index contributed by atoms with van der Waals surface area (Å²) >= 11 is 3.31. The maximum Gasteiger partial charge on any atom is 0.124 e. The molecule has 0 aliphatic rings. The zero-order valence-corrected chi connectivity index (χ0v) is 13.2. The van der Waals surface area contributed by atoms with E-state index in [9.17, 15) is 4.39 Å². The zero-order chi connectivity index (χ0) is 13.7. The third kappa shape index (κ3) is 5.07. The molecule has 102 valence electrons. The van der Waals surface area contributed by atoms with Crippen LogP contribution in [0.2, 0.25) is 0 Å². The van der Waals surface area contributed by atoms with Crippen LogP contribution in [-0.2, 0) is 6.54 Å². The highest BCUT2D eigenvalue weighted by Crippen LogP contribution is 2.20. The number of rotatable bonds is 6. The number of hydrogen-bond acceptors (Lipinski definition) is 1. The summed E-state index contributed by atoms with van der Waals surface area (Å²) in [6.07, 6.45) is 0. The molecule has 0 amide bonds. The lowest BCUT2D eigenvalue weighted by molar-refractivity contribution is 0.275. The number of hydrogen-bond donors (Lipinski definition) is 1. The van der Waals surface area contributed by atoms with Crippen molar-refractivity contribution in [2.75, 3.05) is 6.54 Å². The van der Waals surface area contributed by atoms with Gasteiger partial charge in [0, 0.05) is 11.0 Å². The standard InChI is InChI=1S/C15H23BrFN/c1-10(2)15(11(3)4)9-18-8-12-5-13(16)7-14(17)6-12/h5-7,10-11,15,18H,8-9H2,1-4H3. The van der Waals surface area contributed by atoms with E-state index in [1.165, 1.54) is 6.07 Å². The van der Waals surface area contributed by atoms with E-state index in [1.54, 1.807) is 6.07 Å². The van der Waals surface area contributed by atoms with E-state index in [0.717, 1.165) is 16.6 Å². The largest absolute Gasteiger partial charge is 0.312 e. The molecule has 0 spiro atoms. The summed E-state index contributed by atoms with van der Waals surface area (Å²) in [6.45, 7) is 10.7. The van der Waals surface area contributed by atoms with Crippen LogP contribution in [0, 0.1) is 23.6 Å². The van der Waals surface area contributed by atoms with Crippen molar-refractivity contribution in [3.8, 4) is 0 Å². The second-order valence-corrected chi connectivity index (χ2v) is 6.48. The molecule has 1 aromatic rings. The molecular formula is C15H23BrFN. The minimum absolute atomic E-state index is 0.189. The highest BCUT2D eigenvalue weighted by molar-refractivity contribution is 9.10. The lowest BCUT2D eigenvalue weighted by atomic mass is 9.85. The zero-order valence-electron chi connectivity index (χ0n) is 11.6. The van der Waals surface area contributed by atoms with Gasteiger partial charge in [0.2, 0.25) is 0 Å². The van der Waals surface area contributed by atoms with E-state index < -0.39 is 0 Å². The molecule has 0 heterocycles. The predicted octanol–water partition coefficient (Wildman–Crippen LogP) is 4.61. The summed E-state index contributed by atoms with van der Waals surface area (Å²) in [5.41, 5.74) is 0.980. The van der Waals surface area contributed by atoms with E-state index >= 15 is 0 Å². The first-order valence-corrected chi connectivity index (χ1v) is 7.35. The maximum atomic E-state index is 13.2. The van der Waals surface area contributed by atoms with Gasteiger partial charge in [0.05, 0.1) is 0 Å². The van der Waals surface area contributed by atoms with Crippen LogP contribution in [-0.4, -0.2) is 6.54 Å². The lowest BCUT2D eigenvalue weighted by Crippen LogP contribution is -2.29. The normalized spacial score (nSPS) is 11.8. The summed E-state index contributed by atoms with van der Waals surface area (Å²) in [4.78, 5) is 0. The van der Waals surface area contributed by atoms with Crippen LogP contribution in [0.4, 0.5) is 4.39 Å². The Bertz CT molecular complexity index is 349. The molecule has 1 rings (SSSR count). The molecule has 0 saturated heterocycles. The molecule has 18 heavy (non-hydrogen) atoms. The van der Waals surface area contributed by atoms with Crippen molar-refractivity contribution in [2.45, 2.75) is 34.2 Å². The lowest BCUT2D eigenvalue weighted by Gasteiger charge is -2.25. The van der Waals surface area contributed by atoms with Gasteiger partial charge in [0.1, 0.15) is 5.82 Å². The fraction of sp³-hybridized carbons (Fsp3) is 0.600. The molecule has 1 aromatic carbocycles. The van der Waals surface area contributed by atoms with Crippen molar-refractivity contribution in [3.63, 3.8) is 0 Å². The van der Waals surface area contributed by atoms with Gasteiger partial charge in [-0.3, -0.25) is 0 Å². The first kappa shape index (κ1) is 15.6. The van der Waals surface area contributed by atoms with Crippen LogP contribution >= 0.6 is 15.9 Å². The van der Waals surface area contributed by atoms with Crippen LogP contribution in [0.25, 0.3) is 0 Å². The minimum Gasteiger partial charge on any atom is -0.312 e. The van der Waals surface area contributed by atoms with Gasteiger partial charge in [0.25, 0.3) is 0 Å². The van der Waals surface area contributed by atoms with Crippen molar-refractivity contribution in [2.24, 2.45) is 17.8 Å². The number of benzene rings is 1. The molecule has 0 unspecified atom stereocenters. The smallest absolute Gasteiger partial charge is 0.124 e. The summed E-state index contributed by atoms with van der Waals surface area (Å²) in [6, 6.07) is 5.02. The van der Waals surface area contributed by atoms with Crippen molar-refractivity contribution >= 4 is 15.9 Å². The fourth-order valence-corrected chi connectivity index (χ4v) is 2.85. The van der Waals surface area contributed by atoms with Gasteiger partial charge >= 0.3 is 0 Å². The quantitative estimate of drug-likeness (QED) is 0.808. The fourth-order valence-electron chi connectivity index (χ4n) is 2.34. The van der Waals surface area contributed by atoms with E-state index in [0.29, 0.717) is 24.3 Å². The highest BCUT2D eigenvalue weighted by Gasteiger charge is 2.16. The molecule has 1 nitrogen and oxygen atoms in total. The summed E-state index contributed by atoms with van der Waals surface area (Å²) in [7, 11) is 0. The molecular weight excluding hydrogens is 293 g/mol. The van der Waals surface area contributed by atoms with E-state index in [1.807, 2.05) is 6.07 Å². The molecule has 0 atom stereocenters. The SMILES string of the molecule is CC(C)C(CNCc1cc(F)cc(Br)c1)C(C)C. The molecule has 0 aliphatic carbocycles. The van der Waals surface area contributed by atoms with Crippen LogP contribution in [0.3, 0.4) is 0 Å². The molecule has 1 N–H and O–H groups in total. The Morgan fingerprint density at radius 2 is 1.72 bits per heavy atom. The van der Waals surface area contributed by atoms with Crippen LogP contribution in [0.15, 0.2) is 22.7 Å². The predicted molar refractivity (Wildman–Crippen MR) is 79.0 cm³/mol. The Labute approximate surface area is 118 Å². The van der Waals surface area contributed by atoms with Gasteiger partial charge in [-0.1, -0.05) is 43.6 Å². The molecule has 0 aromatic heterocycles. The van der Waals surface area contributed by atoms with E-state index in [2.05, 4.69) is 48.9 Å². The van der Waals surface area contributed by atoms with Gasteiger partial charge in [-0.05, 0) is 48.1 Å². The van der Waals surface area contributed by atoms with Crippen molar-refractivity contribution in [1.29, 1.82) is 0 Å². The third-order valence-electron chi connectivity index (χ3n) is 3.34. The first-order chi connectivity index (χ1) is 8.40. The Hall–Kier alpha value is -0.410. The maximum absolute atomic E-state index is 13.2. The summed E-state index contributed by atoms with van der Waals surface area (Å²) in [5, 5.41) is 3.43. The van der Waals surface area contributed by atoms with Gasteiger partial charge in [0.15, 0.2) is 0 Å². The number of halogens is 2. The Morgan fingerprint density at radius 3 is 2.22 bits per heavy atom. The van der Waals surface area contributed by atoms with Crippen LogP contribution in [0.1, 0.15) is 33.3 Å².